The lowest BCUT2D eigenvalue weighted by Gasteiger charge is -2.35. The number of piperazine rings is 1. The van der Waals surface area contributed by atoms with Crippen LogP contribution < -0.4 is 22.5 Å². The number of hydrogen-bond acceptors (Lipinski definition) is 7. The molecule has 0 radical (unpaired) electrons. The molecule has 15 heteroatoms. The van der Waals surface area contributed by atoms with Crippen molar-refractivity contribution in [3.63, 3.8) is 0 Å². The van der Waals surface area contributed by atoms with Crippen LogP contribution in [0.2, 0.25) is 0 Å². The predicted molar refractivity (Wildman–Crippen MR) is 155 cm³/mol. The van der Waals surface area contributed by atoms with Gasteiger partial charge in [0, 0.05) is 56.9 Å². The van der Waals surface area contributed by atoms with Crippen LogP contribution in [0.15, 0.2) is 35.3 Å². The Hall–Kier alpha value is -3.20. The zero-order valence-electron chi connectivity index (χ0n) is 23.7. The highest BCUT2D eigenvalue weighted by molar-refractivity contribution is 5.88. The first-order valence-corrected chi connectivity index (χ1v) is 13.6. The summed E-state index contributed by atoms with van der Waals surface area (Å²) in [5, 5.41) is 2.55. The fourth-order valence-corrected chi connectivity index (χ4v) is 4.99. The molecule has 3 amide bonds. The molecule has 3 heterocycles. The number of nitrogens with one attached hydrogen (secondary N) is 1. The highest BCUT2D eigenvalue weighted by atomic mass is 35.5. The Morgan fingerprint density at radius 3 is 2.21 bits per heavy atom. The van der Waals surface area contributed by atoms with Gasteiger partial charge in [0.2, 0.25) is 5.91 Å². The summed E-state index contributed by atoms with van der Waals surface area (Å²) in [4.78, 5) is 46.8. The number of nitrogens with zero attached hydrogens (tertiary/aromatic N) is 5. The third-order valence-corrected chi connectivity index (χ3v) is 7.27. The van der Waals surface area contributed by atoms with Crippen LogP contribution in [-0.2, 0) is 17.5 Å². The van der Waals surface area contributed by atoms with E-state index in [2.05, 4.69) is 10.3 Å². The van der Waals surface area contributed by atoms with E-state index >= 15 is 0 Å². The lowest BCUT2D eigenvalue weighted by atomic mass is 10.0. The van der Waals surface area contributed by atoms with Gasteiger partial charge in [0.05, 0.1) is 11.3 Å². The van der Waals surface area contributed by atoms with Crippen molar-refractivity contribution in [3.8, 4) is 5.69 Å². The maximum atomic E-state index is 14.0. The molecule has 2 saturated heterocycles. The van der Waals surface area contributed by atoms with E-state index in [1.54, 1.807) is 18.7 Å². The number of urea groups is 1. The molecule has 4 rings (SSSR count). The molecule has 0 bridgehead atoms. The molecule has 0 atom stereocenters. The summed E-state index contributed by atoms with van der Waals surface area (Å²) < 4.78 is 42.9. The van der Waals surface area contributed by atoms with Crippen molar-refractivity contribution in [1.82, 2.24) is 24.3 Å². The van der Waals surface area contributed by atoms with Gasteiger partial charge in [-0.25, -0.2) is 9.59 Å². The van der Waals surface area contributed by atoms with Gasteiger partial charge in [-0.1, -0.05) is 6.07 Å². The van der Waals surface area contributed by atoms with Gasteiger partial charge in [0.15, 0.2) is 0 Å². The molecule has 232 valence electrons. The number of nitrogens with two attached hydrogens (primary N) is 2. The van der Waals surface area contributed by atoms with Gasteiger partial charge in [-0.2, -0.15) is 18.2 Å². The van der Waals surface area contributed by atoms with E-state index in [1.807, 2.05) is 4.90 Å². The van der Waals surface area contributed by atoms with Gasteiger partial charge >= 0.3 is 17.9 Å². The van der Waals surface area contributed by atoms with Gasteiger partial charge in [0.1, 0.15) is 5.82 Å². The molecule has 0 aliphatic carbocycles. The van der Waals surface area contributed by atoms with Gasteiger partial charge in [-0.15, -0.1) is 12.4 Å². The number of carbonyl (C=O) groups is 2. The summed E-state index contributed by atoms with van der Waals surface area (Å²) in [6, 6.07) is 4.70. The minimum absolute atomic E-state index is 0. The predicted octanol–water partition coefficient (Wildman–Crippen LogP) is 2.40. The zero-order valence-corrected chi connectivity index (χ0v) is 24.5. The Morgan fingerprint density at radius 2 is 1.64 bits per heavy atom. The van der Waals surface area contributed by atoms with Crippen molar-refractivity contribution in [2.75, 3.05) is 44.6 Å². The number of alkyl halides is 3. The third-order valence-electron chi connectivity index (χ3n) is 7.27. The summed E-state index contributed by atoms with van der Waals surface area (Å²) in [7, 11) is 0. The van der Waals surface area contributed by atoms with Crippen LogP contribution in [0.1, 0.15) is 44.2 Å². The van der Waals surface area contributed by atoms with Crippen LogP contribution in [0.4, 0.5) is 23.8 Å². The average Bonchev–Trinajstić information content (AvgIpc) is 2.89. The van der Waals surface area contributed by atoms with Gasteiger partial charge in [0.25, 0.3) is 0 Å². The molecule has 2 aliphatic rings. The maximum absolute atomic E-state index is 14.0. The van der Waals surface area contributed by atoms with Crippen LogP contribution in [0.3, 0.4) is 0 Å². The summed E-state index contributed by atoms with van der Waals surface area (Å²) in [6.07, 6.45) is -1.69. The van der Waals surface area contributed by atoms with Crippen LogP contribution in [0.5, 0.6) is 0 Å². The number of piperidine rings is 1. The van der Waals surface area contributed by atoms with Crippen LogP contribution in [0.25, 0.3) is 5.69 Å². The van der Waals surface area contributed by atoms with Crippen molar-refractivity contribution >= 4 is 30.2 Å². The molecule has 0 spiro atoms. The van der Waals surface area contributed by atoms with E-state index in [9.17, 15) is 27.6 Å². The first kappa shape index (κ1) is 33.3. The Morgan fingerprint density at radius 1 is 1.02 bits per heavy atom. The molecule has 11 nitrogen and oxygen atoms in total. The number of halogens is 4. The molecule has 5 N–H and O–H groups in total. The molecule has 1 aromatic heterocycles. The van der Waals surface area contributed by atoms with Crippen molar-refractivity contribution in [2.24, 2.45) is 11.5 Å². The molecular formula is C27H38ClF3N8O3. The maximum Gasteiger partial charge on any atom is 0.416 e. The Labute approximate surface area is 248 Å². The Kier molecular flexibility index (Phi) is 10.6. The third kappa shape index (κ3) is 8.66. The van der Waals surface area contributed by atoms with E-state index in [4.69, 9.17) is 11.5 Å². The number of likely N-dealkylation sites (tertiary alicyclic amines) is 1. The van der Waals surface area contributed by atoms with Crippen molar-refractivity contribution in [1.29, 1.82) is 0 Å². The quantitative estimate of drug-likeness (QED) is 0.453. The zero-order chi connectivity index (χ0) is 29.9. The normalized spacial score (nSPS) is 17.1. The van der Waals surface area contributed by atoms with Crippen LogP contribution >= 0.6 is 12.4 Å². The summed E-state index contributed by atoms with van der Waals surface area (Å²) in [5.41, 5.74) is 9.68. The molecule has 1 aromatic carbocycles. The van der Waals surface area contributed by atoms with E-state index in [0.717, 1.165) is 23.5 Å². The first-order chi connectivity index (χ1) is 19.2. The highest BCUT2D eigenvalue weighted by Crippen LogP contribution is 2.34. The number of amides is 3. The van der Waals surface area contributed by atoms with Gasteiger partial charge < -0.3 is 21.3 Å². The minimum atomic E-state index is -4.61. The number of benzene rings is 1. The van der Waals surface area contributed by atoms with Crippen LogP contribution in [0, 0.1) is 0 Å². The van der Waals surface area contributed by atoms with Crippen molar-refractivity contribution in [3.05, 3.63) is 52.1 Å². The van der Waals surface area contributed by atoms with Gasteiger partial charge in [-0.05, 0) is 63.5 Å². The second-order valence-electron chi connectivity index (χ2n) is 11.4. The number of rotatable bonds is 6. The smallest absolute Gasteiger partial charge is 0.339 e. The van der Waals surface area contributed by atoms with Crippen molar-refractivity contribution < 1.29 is 22.8 Å². The molecule has 2 aliphatic heterocycles. The highest BCUT2D eigenvalue weighted by Gasteiger charge is 2.34. The topological polar surface area (TPSA) is 143 Å². The average molecular weight is 615 g/mol. The van der Waals surface area contributed by atoms with E-state index in [1.165, 1.54) is 29.3 Å². The number of anilines is 1. The molecule has 2 fully saturated rings. The lowest BCUT2D eigenvalue weighted by molar-refractivity contribution is -0.138. The number of aromatic nitrogens is 2. The second kappa shape index (κ2) is 13.4. The fourth-order valence-electron chi connectivity index (χ4n) is 4.99. The summed E-state index contributed by atoms with van der Waals surface area (Å²) in [6.45, 7) is 6.19. The van der Waals surface area contributed by atoms with Crippen LogP contribution in [-0.4, -0.2) is 87.0 Å². The monoisotopic (exact) mass is 614 g/mol. The molecule has 2 aromatic rings. The van der Waals surface area contributed by atoms with Gasteiger partial charge in [-0.3, -0.25) is 19.6 Å². The molecular weight excluding hydrogens is 577 g/mol. The van der Waals surface area contributed by atoms with E-state index < -0.39 is 29.0 Å². The number of hydrogen-bond donors (Lipinski definition) is 3. The largest absolute Gasteiger partial charge is 0.416 e. The molecule has 42 heavy (non-hydrogen) atoms. The van der Waals surface area contributed by atoms with E-state index in [-0.39, 0.29) is 67.5 Å². The summed E-state index contributed by atoms with van der Waals surface area (Å²) in [5.74, 6) is -0.114. The first-order valence-electron chi connectivity index (χ1n) is 13.6. The SMILES string of the molecule is CC(C)(N)CC(=O)N1CCN(C(=O)Nc2ccn(-c3ccc(CN4CCC(N)CC4)c(C(F)(F)F)c3)c(=O)n2)CC1.Cl. The Balaban J connectivity index is 0.00000484. The minimum Gasteiger partial charge on any atom is -0.339 e. The number of carbonyl (C=O) groups excluding carboxylic acids is 2. The lowest BCUT2D eigenvalue weighted by Crippen LogP contribution is -2.53. The van der Waals surface area contributed by atoms with E-state index in [0.29, 0.717) is 26.2 Å². The molecule has 0 unspecified atom stereocenters. The standard InChI is InChI=1S/C27H37F3N8O3.ClH/c1-26(2,32)16-23(39)36-11-13-37(14-12-36)24(40)33-22-7-10-38(25(41)34-22)20-4-3-18(21(15-20)27(28,29)30)17-35-8-5-19(31)6-9-35;/h3-4,7,10,15,19H,5-6,8-9,11-14,16-17,31-32H2,1-2H3,(H,33,34,40,41);1H. The Bertz CT molecular complexity index is 1310. The fraction of sp³-hybridized carbons (Fsp3) is 0.556. The second-order valence-corrected chi connectivity index (χ2v) is 11.4. The van der Waals surface area contributed by atoms with Crippen molar-refractivity contribution in [2.45, 2.75) is 57.4 Å². The molecule has 0 saturated carbocycles. The summed E-state index contributed by atoms with van der Waals surface area (Å²) >= 11 is 0.